The molecule has 2 rings (SSSR count). The van der Waals surface area contributed by atoms with Crippen molar-refractivity contribution in [2.75, 3.05) is 20.3 Å². The first-order valence-electron chi connectivity index (χ1n) is 10.8. The number of carbonyl (C=O) groups excluding carboxylic acids is 2. The van der Waals surface area contributed by atoms with E-state index in [-0.39, 0.29) is 17.7 Å². The fourth-order valence-electron chi connectivity index (χ4n) is 2.99. The van der Waals surface area contributed by atoms with Crippen molar-refractivity contribution in [3.63, 3.8) is 0 Å². The fraction of sp³-hybridized carbons (Fsp3) is 0.292. The molecule has 0 radical (unpaired) electrons. The molecule has 36 heavy (non-hydrogen) atoms. The van der Waals surface area contributed by atoms with E-state index >= 15 is 0 Å². The van der Waals surface area contributed by atoms with Gasteiger partial charge in [0.2, 0.25) is 0 Å². The summed E-state index contributed by atoms with van der Waals surface area (Å²) in [6.45, 7) is 0.527. The number of hydrogen-bond acceptors (Lipinski definition) is 10. The van der Waals surface area contributed by atoms with Crippen molar-refractivity contribution in [3.8, 4) is 11.8 Å². The third kappa shape index (κ3) is 8.53. The van der Waals surface area contributed by atoms with Gasteiger partial charge in [-0.2, -0.15) is 5.26 Å². The molecule has 0 N–H and O–H groups in total. The first-order chi connectivity index (χ1) is 17.2. The van der Waals surface area contributed by atoms with Crippen molar-refractivity contribution in [2.45, 2.75) is 25.7 Å². The van der Waals surface area contributed by atoms with Crippen molar-refractivity contribution in [1.82, 2.24) is 0 Å². The summed E-state index contributed by atoms with van der Waals surface area (Å²) in [6, 6.07) is 11.3. The predicted molar refractivity (Wildman–Crippen MR) is 126 cm³/mol. The Morgan fingerprint density at radius 3 is 2.06 bits per heavy atom. The molecule has 12 heteroatoms. The molecule has 0 atom stereocenters. The molecule has 0 saturated heterocycles. The van der Waals surface area contributed by atoms with Crippen LogP contribution in [0.3, 0.4) is 0 Å². The van der Waals surface area contributed by atoms with Crippen LogP contribution in [0.15, 0.2) is 48.0 Å². The highest BCUT2D eigenvalue weighted by atomic mass is 16.6. The lowest BCUT2D eigenvalue weighted by atomic mass is 10.1. The van der Waals surface area contributed by atoms with Gasteiger partial charge in [0.25, 0.3) is 11.4 Å². The van der Waals surface area contributed by atoms with Crippen molar-refractivity contribution in [3.05, 3.63) is 79.4 Å². The zero-order chi connectivity index (χ0) is 26.5. The highest BCUT2D eigenvalue weighted by molar-refractivity contribution is 5.97. The molecule has 0 aliphatic heterocycles. The van der Waals surface area contributed by atoms with Crippen LogP contribution in [-0.2, 0) is 14.3 Å². The largest absolute Gasteiger partial charge is 0.494 e. The average molecular weight is 497 g/mol. The molecule has 0 aromatic heterocycles. The lowest BCUT2D eigenvalue weighted by Crippen LogP contribution is -2.08. The number of unbranched alkanes of at least 4 members (excludes halogenated alkanes) is 3. The van der Waals surface area contributed by atoms with Crippen LogP contribution in [0.2, 0.25) is 0 Å². The number of benzene rings is 2. The number of nitriles is 1. The smallest absolute Gasteiger partial charge is 0.348 e. The van der Waals surface area contributed by atoms with E-state index in [4.69, 9.17) is 14.7 Å². The van der Waals surface area contributed by atoms with E-state index in [2.05, 4.69) is 4.74 Å². The second kappa shape index (κ2) is 13.8. The van der Waals surface area contributed by atoms with Crippen LogP contribution in [0.25, 0.3) is 6.08 Å². The number of hydrogen-bond donors (Lipinski definition) is 0. The number of nitro groups is 2. The summed E-state index contributed by atoms with van der Waals surface area (Å²) in [5.41, 5.74) is -0.826. The summed E-state index contributed by atoms with van der Waals surface area (Å²) in [4.78, 5) is 43.8. The van der Waals surface area contributed by atoms with Crippen molar-refractivity contribution in [1.29, 1.82) is 5.26 Å². The summed E-state index contributed by atoms with van der Waals surface area (Å²) in [5.74, 6) is -0.943. The van der Waals surface area contributed by atoms with Crippen molar-refractivity contribution < 1.29 is 33.6 Å². The zero-order valence-corrected chi connectivity index (χ0v) is 19.4. The summed E-state index contributed by atoms with van der Waals surface area (Å²) < 4.78 is 15.3. The first kappa shape index (κ1) is 27.5. The van der Waals surface area contributed by atoms with Crippen molar-refractivity contribution >= 4 is 29.4 Å². The van der Waals surface area contributed by atoms with Gasteiger partial charge >= 0.3 is 11.9 Å². The number of rotatable bonds is 13. The van der Waals surface area contributed by atoms with Gasteiger partial charge < -0.3 is 14.2 Å². The number of ether oxygens (including phenoxy) is 3. The van der Waals surface area contributed by atoms with Crippen LogP contribution in [0.4, 0.5) is 11.4 Å². The van der Waals surface area contributed by atoms with E-state index in [1.165, 1.54) is 13.2 Å². The number of carbonyl (C=O) groups is 2. The molecule has 0 aliphatic rings. The third-order valence-corrected chi connectivity index (χ3v) is 4.82. The van der Waals surface area contributed by atoms with Gasteiger partial charge in [-0.25, -0.2) is 9.59 Å². The number of nitrogens with zero attached hydrogens (tertiary/aromatic N) is 3. The molecule has 0 aliphatic carbocycles. The molecule has 2 aromatic carbocycles. The topological polar surface area (TPSA) is 172 Å². The molecule has 0 bridgehead atoms. The van der Waals surface area contributed by atoms with E-state index in [0.717, 1.165) is 37.5 Å². The second-order valence-electron chi connectivity index (χ2n) is 7.38. The molecular formula is C24H23N3O9. The molecule has 2 aromatic rings. The molecule has 188 valence electrons. The Kier molecular flexibility index (Phi) is 10.5. The number of esters is 2. The summed E-state index contributed by atoms with van der Waals surface area (Å²) in [7, 11) is 1.20. The maximum absolute atomic E-state index is 12.1. The minimum atomic E-state index is -0.864. The lowest BCUT2D eigenvalue weighted by Gasteiger charge is -2.07. The molecule has 0 saturated carbocycles. The Bertz CT molecular complexity index is 1150. The van der Waals surface area contributed by atoms with Crippen LogP contribution in [-0.4, -0.2) is 42.1 Å². The highest BCUT2D eigenvalue weighted by Gasteiger charge is 2.20. The van der Waals surface area contributed by atoms with Crippen LogP contribution >= 0.6 is 0 Å². The van der Waals surface area contributed by atoms with Gasteiger partial charge in [0, 0.05) is 12.1 Å². The Hall–Kier alpha value is -4.79. The Morgan fingerprint density at radius 2 is 1.53 bits per heavy atom. The Labute approximate surface area is 206 Å². The quantitative estimate of drug-likeness (QED) is 0.0965. The van der Waals surface area contributed by atoms with Gasteiger partial charge in [-0.3, -0.25) is 20.2 Å². The van der Waals surface area contributed by atoms with Gasteiger partial charge in [-0.15, -0.1) is 0 Å². The van der Waals surface area contributed by atoms with E-state index < -0.39 is 33.2 Å². The minimum Gasteiger partial charge on any atom is -0.494 e. The Morgan fingerprint density at radius 1 is 0.944 bits per heavy atom. The highest BCUT2D eigenvalue weighted by Crippen LogP contribution is 2.23. The molecule has 0 fully saturated rings. The van der Waals surface area contributed by atoms with Gasteiger partial charge in [0.1, 0.15) is 17.4 Å². The Balaban J connectivity index is 1.69. The molecule has 0 spiro atoms. The average Bonchev–Trinajstić information content (AvgIpc) is 2.88. The van der Waals surface area contributed by atoms with E-state index in [1.54, 1.807) is 30.3 Å². The maximum Gasteiger partial charge on any atom is 0.348 e. The van der Waals surface area contributed by atoms with Crippen LogP contribution in [0.1, 0.15) is 41.6 Å². The standard InChI is InChI=1S/C24H23N3O9/c1-34-23(28)19(16-25)12-17-6-8-22(9-7-17)35-10-4-2-3-5-11-36-24(29)18-13-20(26(30)31)15-21(14-18)27(32)33/h6-9,12-15H,2-5,10-11H2,1H3. The summed E-state index contributed by atoms with van der Waals surface area (Å²) >= 11 is 0. The molecule has 12 nitrogen and oxygen atoms in total. The molecular weight excluding hydrogens is 474 g/mol. The fourth-order valence-corrected chi connectivity index (χ4v) is 2.99. The van der Waals surface area contributed by atoms with Gasteiger partial charge in [-0.1, -0.05) is 12.1 Å². The van der Waals surface area contributed by atoms with E-state index in [1.807, 2.05) is 0 Å². The first-order valence-corrected chi connectivity index (χ1v) is 10.8. The van der Waals surface area contributed by atoms with E-state index in [9.17, 15) is 29.8 Å². The molecule has 0 amide bonds. The maximum atomic E-state index is 12.1. The third-order valence-electron chi connectivity index (χ3n) is 4.82. The SMILES string of the molecule is COC(=O)C(C#N)=Cc1ccc(OCCCCCCOC(=O)c2cc([N+](=O)[O-])cc([N+](=O)[O-])c2)cc1. The van der Waals surface area contributed by atoms with Crippen LogP contribution in [0, 0.1) is 31.6 Å². The predicted octanol–water partition coefficient (Wildman–Crippen LogP) is 4.38. The second-order valence-corrected chi connectivity index (χ2v) is 7.38. The summed E-state index contributed by atoms with van der Waals surface area (Å²) in [6.07, 6.45) is 4.24. The van der Waals surface area contributed by atoms with Gasteiger partial charge in [-0.05, 0) is 49.5 Å². The van der Waals surface area contributed by atoms with E-state index in [0.29, 0.717) is 24.3 Å². The van der Waals surface area contributed by atoms with Gasteiger partial charge in [0.05, 0.1) is 41.8 Å². The van der Waals surface area contributed by atoms with Crippen LogP contribution in [0.5, 0.6) is 5.75 Å². The monoisotopic (exact) mass is 497 g/mol. The molecule has 0 unspecified atom stereocenters. The number of non-ortho nitro benzene ring substituents is 2. The van der Waals surface area contributed by atoms with Crippen LogP contribution < -0.4 is 4.74 Å². The minimum absolute atomic E-state index is 0.0709. The normalized spacial score (nSPS) is 10.7. The van der Waals surface area contributed by atoms with Gasteiger partial charge in [0.15, 0.2) is 0 Å². The molecule has 0 heterocycles. The zero-order valence-electron chi connectivity index (χ0n) is 19.4. The lowest BCUT2D eigenvalue weighted by molar-refractivity contribution is -0.394. The van der Waals surface area contributed by atoms with Crippen molar-refractivity contribution in [2.24, 2.45) is 0 Å². The number of nitro benzene ring substituents is 2. The summed E-state index contributed by atoms with van der Waals surface area (Å²) in [5, 5.41) is 30.8. The number of methoxy groups -OCH3 is 1.